The molecule has 9 heteroatoms. The molecule has 1 saturated heterocycles. The van der Waals surface area contributed by atoms with Crippen LogP contribution in [0.3, 0.4) is 0 Å². The van der Waals surface area contributed by atoms with E-state index in [9.17, 15) is 9.59 Å². The molecule has 0 aromatic rings. The number of esters is 2. The SMILES string of the molecule is CC(=O)OC[C@]1(C)COCCOC[C@@](C)(COC(C)=O)OCCOCCO1. The Morgan fingerprint density at radius 3 is 1.44 bits per heavy atom. The first-order valence-corrected chi connectivity index (χ1v) is 9.03. The molecule has 0 bridgehead atoms. The molecule has 1 fully saturated rings. The fourth-order valence-corrected chi connectivity index (χ4v) is 2.25. The van der Waals surface area contributed by atoms with Gasteiger partial charge in [-0.2, -0.15) is 0 Å². The summed E-state index contributed by atoms with van der Waals surface area (Å²) in [6.45, 7) is 9.01. The van der Waals surface area contributed by atoms with E-state index < -0.39 is 11.2 Å². The minimum atomic E-state index is -0.768. The Labute approximate surface area is 160 Å². The van der Waals surface area contributed by atoms with E-state index in [-0.39, 0.29) is 38.4 Å². The number of ether oxygens (including phenoxy) is 7. The van der Waals surface area contributed by atoms with Gasteiger partial charge in [0.05, 0.1) is 52.9 Å². The van der Waals surface area contributed by atoms with Crippen LogP contribution in [0.2, 0.25) is 0 Å². The van der Waals surface area contributed by atoms with Gasteiger partial charge >= 0.3 is 11.9 Å². The number of hydrogen-bond donors (Lipinski definition) is 0. The highest BCUT2D eigenvalue weighted by Crippen LogP contribution is 2.14. The summed E-state index contributed by atoms with van der Waals surface area (Å²) in [4.78, 5) is 22.2. The second-order valence-corrected chi connectivity index (χ2v) is 6.87. The van der Waals surface area contributed by atoms with E-state index >= 15 is 0 Å². The van der Waals surface area contributed by atoms with E-state index in [1.165, 1.54) is 13.8 Å². The van der Waals surface area contributed by atoms with Crippen LogP contribution in [0, 0.1) is 0 Å². The molecule has 0 unspecified atom stereocenters. The Morgan fingerprint density at radius 1 is 0.704 bits per heavy atom. The molecule has 158 valence electrons. The van der Waals surface area contributed by atoms with Gasteiger partial charge in [0.1, 0.15) is 24.4 Å². The molecule has 0 aromatic heterocycles. The van der Waals surface area contributed by atoms with Crippen molar-refractivity contribution in [3.8, 4) is 0 Å². The first-order chi connectivity index (χ1) is 12.7. The van der Waals surface area contributed by atoms with E-state index in [0.717, 1.165) is 0 Å². The van der Waals surface area contributed by atoms with Crippen LogP contribution >= 0.6 is 0 Å². The minimum absolute atomic E-state index is 0.0900. The van der Waals surface area contributed by atoms with E-state index in [1.807, 2.05) is 13.8 Å². The normalized spacial score (nSPS) is 29.2. The first-order valence-electron chi connectivity index (χ1n) is 9.03. The zero-order valence-electron chi connectivity index (χ0n) is 16.7. The Hall–Kier alpha value is -1.26. The van der Waals surface area contributed by atoms with Gasteiger partial charge < -0.3 is 33.2 Å². The molecule has 1 aliphatic heterocycles. The van der Waals surface area contributed by atoms with Gasteiger partial charge in [-0.05, 0) is 13.8 Å². The maximum atomic E-state index is 11.1. The molecule has 1 heterocycles. The third-order valence-corrected chi connectivity index (χ3v) is 3.70. The molecular weight excluding hydrogens is 360 g/mol. The Balaban J connectivity index is 2.57. The van der Waals surface area contributed by atoms with Crippen LogP contribution < -0.4 is 0 Å². The zero-order valence-corrected chi connectivity index (χ0v) is 16.7. The predicted octanol–water partition coefficient (Wildman–Crippen LogP) is 0.727. The zero-order chi connectivity index (χ0) is 20.2. The highest BCUT2D eigenvalue weighted by atomic mass is 16.6. The first kappa shape index (κ1) is 23.8. The summed E-state index contributed by atoms with van der Waals surface area (Å²) in [5.41, 5.74) is -1.54. The molecule has 0 N–H and O–H groups in total. The summed E-state index contributed by atoms with van der Waals surface area (Å²) in [5, 5.41) is 0. The van der Waals surface area contributed by atoms with E-state index in [1.54, 1.807) is 0 Å². The quantitative estimate of drug-likeness (QED) is 0.641. The van der Waals surface area contributed by atoms with Crippen LogP contribution in [0.5, 0.6) is 0 Å². The Kier molecular flexibility index (Phi) is 10.8. The largest absolute Gasteiger partial charge is 0.463 e. The van der Waals surface area contributed by atoms with Crippen molar-refractivity contribution in [2.24, 2.45) is 0 Å². The van der Waals surface area contributed by atoms with E-state index in [0.29, 0.717) is 39.6 Å². The molecule has 0 radical (unpaired) electrons. The molecule has 27 heavy (non-hydrogen) atoms. The van der Waals surface area contributed by atoms with Crippen molar-refractivity contribution < 1.29 is 42.7 Å². The van der Waals surface area contributed by atoms with Gasteiger partial charge in [0, 0.05) is 13.8 Å². The molecule has 2 atom stereocenters. The number of hydrogen-bond acceptors (Lipinski definition) is 9. The number of rotatable bonds is 4. The summed E-state index contributed by atoms with van der Waals surface area (Å²) in [5.74, 6) is -0.751. The second kappa shape index (κ2) is 12.2. The summed E-state index contributed by atoms with van der Waals surface area (Å²) in [6.07, 6.45) is 0. The lowest BCUT2D eigenvalue weighted by Crippen LogP contribution is -2.42. The van der Waals surface area contributed by atoms with Gasteiger partial charge in [-0.1, -0.05) is 0 Å². The van der Waals surface area contributed by atoms with Crippen molar-refractivity contribution in [3.05, 3.63) is 0 Å². The molecule has 0 spiro atoms. The van der Waals surface area contributed by atoms with Gasteiger partial charge in [-0.3, -0.25) is 9.59 Å². The predicted molar refractivity (Wildman–Crippen MR) is 94.4 cm³/mol. The van der Waals surface area contributed by atoms with Crippen molar-refractivity contribution in [2.75, 3.05) is 66.1 Å². The van der Waals surface area contributed by atoms with Gasteiger partial charge in [0.2, 0.25) is 0 Å². The lowest BCUT2D eigenvalue weighted by molar-refractivity contribution is -0.163. The topological polar surface area (TPSA) is 98.8 Å². The summed E-state index contributed by atoms with van der Waals surface area (Å²) >= 11 is 0. The molecule has 0 aliphatic carbocycles. The van der Waals surface area contributed by atoms with Crippen LogP contribution in [0.1, 0.15) is 27.7 Å². The molecule has 0 amide bonds. The monoisotopic (exact) mass is 392 g/mol. The third kappa shape index (κ3) is 11.2. The average molecular weight is 392 g/mol. The van der Waals surface area contributed by atoms with Crippen molar-refractivity contribution in [1.29, 1.82) is 0 Å². The molecule has 1 aliphatic rings. The van der Waals surface area contributed by atoms with Crippen molar-refractivity contribution in [1.82, 2.24) is 0 Å². The summed E-state index contributed by atoms with van der Waals surface area (Å²) < 4.78 is 38.5. The lowest BCUT2D eigenvalue weighted by atomic mass is 10.1. The highest BCUT2D eigenvalue weighted by Gasteiger charge is 2.29. The summed E-state index contributed by atoms with van der Waals surface area (Å²) in [7, 11) is 0. The van der Waals surface area contributed by atoms with Gasteiger partial charge in [-0.15, -0.1) is 0 Å². The maximum Gasteiger partial charge on any atom is 0.302 e. The van der Waals surface area contributed by atoms with E-state index in [2.05, 4.69) is 0 Å². The van der Waals surface area contributed by atoms with Crippen molar-refractivity contribution >= 4 is 11.9 Å². The molecule has 0 saturated carbocycles. The average Bonchev–Trinajstić information content (AvgIpc) is 2.61. The molecule has 1 rings (SSSR count). The molecule has 9 nitrogen and oxygen atoms in total. The Morgan fingerprint density at radius 2 is 1.07 bits per heavy atom. The fourth-order valence-electron chi connectivity index (χ4n) is 2.25. The smallest absolute Gasteiger partial charge is 0.302 e. The van der Waals surface area contributed by atoms with Gasteiger partial charge in [-0.25, -0.2) is 0 Å². The van der Waals surface area contributed by atoms with Crippen molar-refractivity contribution in [3.63, 3.8) is 0 Å². The number of carbonyl (C=O) groups is 2. The van der Waals surface area contributed by atoms with E-state index in [4.69, 9.17) is 33.2 Å². The van der Waals surface area contributed by atoms with Gasteiger partial charge in [0.25, 0.3) is 0 Å². The van der Waals surface area contributed by atoms with Crippen LogP contribution in [-0.4, -0.2) is 89.2 Å². The second-order valence-electron chi connectivity index (χ2n) is 6.87. The van der Waals surface area contributed by atoms with Crippen LogP contribution in [0.15, 0.2) is 0 Å². The Bertz CT molecular complexity index is 416. The lowest BCUT2D eigenvalue weighted by Gasteiger charge is -2.29. The minimum Gasteiger partial charge on any atom is -0.463 e. The van der Waals surface area contributed by atoms with Crippen molar-refractivity contribution in [2.45, 2.75) is 38.9 Å². The van der Waals surface area contributed by atoms with Crippen LogP contribution in [0.25, 0.3) is 0 Å². The standard InChI is InChI=1S/C18H32O9/c1-15(19)24-13-17(3)11-22-5-6-23-12-18(4,14-25-16(2)20)27-10-8-21-7-9-26-17/h5-14H2,1-4H3/t17-,18-/m0/s1. The number of carbonyl (C=O) groups excluding carboxylic acids is 2. The van der Waals surface area contributed by atoms with Crippen LogP contribution in [0.4, 0.5) is 0 Å². The van der Waals surface area contributed by atoms with Crippen LogP contribution in [-0.2, 0) is 42.7 Å². The maximum absolute atomic E-state index is 11.1. The fraction of sp³-hybridized carbons (Fsp3) is 0.889. The highest BCUT2D eigenvalue weighted by molar-refractivity contribution is 5.66. The summed E-state index contributed by atoms with van der Waals surface area (Å²) in [6, 6.07) is 0. The third-order valence-electron chi connectivity index (χ3n) is 3.70. The molecule has 0 aromatic carbocycles. The van der Waals surface area contributed by atoms with Gasteiger partial charge in [0.15, 0.2) is 0 Å². The molecular formula is C18H32O9.